The number of halogens is 1. The molecule has 0 atom stereocenters. The fourth-order valence-corrected chi connectivity index (χ4v) is 5.56. The summed E-state index contributed by atoms with van der Waals surface area (Å²) in [5.41, 5.74) is 3.88. The fraction of sp³-hybridized carbons (Fsp3) is 0.0667. The van der Waals surface area contributed by atoms with Crippen LogP contribution in [0.25, 0.3) is 17.0 Å². The maximum absolute atomic E-state index is 13.6. The maximum Gasteiger partial charge on any atom is 0.267 e. The van der Waals surface area contributed by atoms with Crippen LogP contribution in [0.1, 0.15) is 16.9 Å². The summed E-state index contributed by atoms with van der Waals surface area (Å²) in [6.45, 7) is 0.950. The molecule has 0 bridgehead atoms. The van der Waals surface area contributed by atoms with Crippen LogP contribution >= 0.6 is 23.4 Å². The van der Waals surface area contributed by atoms with Gasteiger partial charge in [-0.25, -0.2) is 4.99 Å². The van der Waals surface area contributed by atoms with Gasteiger partial charge in [-0.2, -0.15) is 0 Å². The van der Waals surface area contributed by atoms with E-state index in [1.165, 1.54) is 11.8 Å². The molecule has 3 heterocycles. The van der Waals surface area contributed by atoms with Gasteiger partial charge in [-0.1, -0.05) is 66.2 Å². The summed E-state index contributed by atoms with van der Waals surface area (Å²) in [5.74, 6) is 0.603. The Morgan fingerprint density at radius 2 is 1.68 bits per heavy atom. The lowest BCUT2D eigenvalue weighted by Gasteiger charge is -2.13. The number of rotatable bonds is 6. The van der Waals surface area contributed by atoms with Crippen molar-refractivity contribution in [2.75, 3.05) is 0 Å². The second-order valence-corrected chi connectivity index (χ2v) is 10.0. The number of benzene rings is 3. The number of aromatic nitrogens is 1. The van der Waals surface area contributed by atoms with Crippen molar-refractivity contribution >= 4 is 57.1 Å². The summed E-state index contributed by atoms with van der Waals surface area (Å²) in [7, 11) is 0. The van der Waals surface area contributed by atoms with Crippen LogP contribution in [-0.4, -0.2) is 20.5 Å². The van der Waals surface area contributed by atoms with Crippen LogP contribution in [0.2, 0.25) is 5.02 Å². The van der Waals surface area contributed by atoms with Crippen molar-refractivity contribution in [1.82, 2.24) is 9.47 Å². The molecule has 1 aliphatic rings. The molecule has 5 aromatic rings. The molecule has 6 rings (SSSR count). The number of amides is 1. The Bertz CT molecular complexity index is 1640. The number of hydrogen-bond acceptors (Lipinski definition) is 4. The number of carbonyl (C=O) groups excluding carboxylic acids is 1. The first-order chi connectivity index (χ1) is 18.2. The zero-order valence-corrected chi connectivity index (χ0v) is 21.3. The van der Waals surface area contributed by atoms with Crippen molar-refractivity contribution < 1.29 is 9.21 Å². The minimum absolute atomic E-state index is 0.0981. The van der Waals surface area contributed by atoms with Gasteiger partial charge in [0.25, 0.3) is 5.91 Å². The smallest absolute Gasteiger partial charge is 0.267 e. The van der Waals surface area contributed by atoms with E-state index in [1.54, 1.807) is 11.2 Å². The standard InChI is InChI=1S/C30H22ClN3O2S/c31-26-14-6-4-9-21(26)18-33-19-22(25-13-5-7-15-27(25)33)17-28-29(35)34(20-24-12-8-16-36-24)30(37-28)32-23-10-2-1-3-11-23/h1-17,19H,18,20H2/b28-17-,32-30?. The van der Waals surface area contributed by atoms with E-state index in [1.807, 2.05) is 84.9 Å². The third-order valence-electron chi connectivity index (χ3n) is 6.17. The molecular formula is C30H22ClN3O2S. The number of carbonyl (C=O) groups is 1. The van der Waals surface area contributed by atoms with E-state index in [0.717, 1.165) is 32.7 Å². The zero-order chi connectivity index (χ0) is 25.2. The summed E-state index contributed by atoms with van der Waals surface area (Å²) >= 11 is 7.82. The first kappa shape index (κ1) is 23.4. The molecule has 0 spiro atoms. The zero-order valence-electron chi connectivity index (χ0n) is 19.8. The lowest BCUT2D eigenvalue weighted by molar-refractivity contribution is -0.122. The molecule has 1 saturated heterocycles. The van der Waals surface area contributed by atoms with E-state index in [9.17, 15) is 4.79 Å². The minimum atomic E-state index is -0.0981. The molecule has 0 aliphatic carbocycles. The maximum atomic E-state index is 13.6. The third-order valence-corrected chi connectivity index (χ3v) is 7.54. The molecule has 182 valence electrons. The van der Waals surface area contributed by atoms with E-state index in [-0.39, 0.29) is 5.91 Å². The number of para-hydroxylation sites is 2. The monoisotopic (exact) mass is 523 g/mol. The van der Waals surface area contributed by atoms with Gasteiger partial charge in [0.15, 0.2) is 5.17 Å². The number of furan rings is 1. The highest BCUT2D eigenvalue weighted by Crippen LogP contribution is 2.37. The van der Waals surface area contributed by atoms with Crippen molar-refractivity contribution in [3.63, 3.8) is 0 Å². The van der Waals surface area contributed by atoms with Gasteiger partial charge in [0.2, 0.25) is 0 Å². The molecule has 1 aliphatic heterocycles. The van der Waals surface area contributed by atoms with Gasteiger partial charge in [0, 0.05) is 34.2 Å². The van der Waals surface area contributed by atoms with Crippen molar-refractivity contribution in [3.05, 3.63) is 130 Å². The molecule has 37 heavy (non-hydrogen) atoms. The van der Waals surface area contributed by atoms with Gasteiger partial charge in [-0.05, 0) is 59.8 Å². The number of fused-ring (bicyclic) bond motifs is 1. The van der Waals surface area contributed by atoms with Crippen molar-refractivity contribution in [1.29, 1.82) is 0 Å². The third kappa shape index (κ3) is 4.86. The lowest BCUT2D eigenvalue weighted by Crippen LogP contribution is -2.28. The number of thioether (sulfide) groups is 1. The quantitative estimate of drug-likeness (QED) is 0.214. The Morgan fingerprint density at radius 1 is 0.892 bits per heavy atom. The summed E-state index contributed by atoms with van der Waals surface area (Å²) in [5, 5.41) is 2.43. The van der Waals surface area contributed by atoms with Gasteiger partial charge in [-0.3, -0.25) is 9.69 Å². The van der Waals surface area contributed by atoms with Crippen LogP contribution in [0.4, 0.5) is 5.69 Å². The lowest BCUT2D eigenvalue weighted by atomic mass is 10.1. The molecule has 1 amide bonds. The van der Waals surface area contributed by atoms with E-state index < -0.39 is 0 Å². The molecule has 0 saturated carbocycles. The van der Waals surface area contributed by atoms with E-state index in [0.29, 0.717) is 28.9 Å². The van der Waals surface area contributed by atoms with E-state index in [4.69, 9.17) is 21.0 Å². The Morgan fingerprint density at radius 3 is 2.49 bits per heavy atom. The number of nitrogens with zero attached hydrogens (tertiary/aromatic N) is 3. The molecule has 0 N–H and O–H groups in total. The van der Waals surface area contributed by atoms with E-state index >= 15 is 0 Å². The molecule has 3 aromatic carbocycles. The van der Waals surface area contributed by atoms with Gasteiger partial charge in [-0.15, -0.1) is 0 Å². The highest BCUT2D eigenvalue weighted by Gasteiger charge is 2.34. The van der Waals surface area contributed by atoms with Crippen molar-refractivity contribution in [3.8, 4) is 0 Å². The molecule has 5 nitrogen and oxygen atoms in total. The van der Waals surface area contributed by atoms with E-state index in [2.05, 4.69) is 22.9 Å². The molecule has 1 fully saturated rings. The van der Waals surface area contributed by atoms with Gasteiger partial charge < -0.3 is 8.98 Å². The first-order valence-corrected chi connectivity index (χ1v) is 13.0. The summed E-state index contributed by atoms with van der Waals surface area (Å²) in [6.07, 6.45) is 5.65. The number of hydrogen-bond donors (Lipinski definition) is 0. The van der Waals surface area contributed by atoms with Crippen LogP contribution in [-0.2, 0) is 17.9 Å². The molecular weight excluding hydrogens is 502 g/mol. The highest BCUT2D eigenvalue weighted by molar-refractivity contribution is 8.18. The second-order valence-electron chi connectivity index (χ2n) is 8.63. The van der Waals surface area contributed by atoms with Crippen molar-refractivity contribution in [2.24, 2.45) is 4.99 Å². The van der Waals surface area contributed by atoms with Crippen LogP contribution in [0, 0.1) is 0 Å². The Hall–Kier alpha value is -4.00. The fourth-order valence-electron chi connectivity index (χ4n) is 4.37. The van der Waals surface area contributed by atoms with Gasteiger partial charge >= 0.3 is 0 Å². The predicted molar refractivity (Wildman–Crippen MR) is 151 cm³/mol. The van der Waals surface area contributed by atoms with Crippen LogP contribution in [0.3, 0.4) is 0 Å². The molecule has 0 unspecified atom stereocenters. The summed E-state index contributed by atoms with van der Waals surface area (Å²) < 4.78 is 7.70. The molecule has 7 heteroatoms. The SMILES string of the molecule is O=C1/C(=C/c2cn(Cc3ccccc3Cl)c3ccccc23)SC(=Nc2ccccc2)N1Cc1ccco1. The minimum Gasteiger partial charge on any atom is -0.467 e. The Kier molecular flexibility index (Phi) is 6.43. The van der Waals surface area contributed by atoms with Crippen molar-refractivity contribution in [2.45, 2.75) is 13.1 Å². The predicted octanol–water partition coefficient (Wildman–Crippen LogP) is 7.74. The second kappa shape index (κ2) is 10.2. The summed E-state index contributed by atoms with van der Waals surface area (Å²) in [4.78, 5) is 20.7. The highest BCUT2D eigenvalue weighted by atomic mass is 35.5. The average molecular weight is 524 g/mol. The average Bonchev–Trinajstić information content (AvgIpc) is 3.63. The number of amidine groups is 1. The van der Waals surface area contributed by atoms with Gasteiger partial charge in [0.1, 0.15) is 5.76 Å². The first-order valence-electron chi connectivity index (χ1n) is 11.8. The summed E-state index contributed by atoms with van der Waals surface area (Å²) in [6, 6.07) is 29.4. The Balaban J connectivity index is 1.39. The van der Waals surface area contributed by atoms with Crippen LogP contribution in [0.15, 0.2) is 118 Å². The topological polar surface area (TPSA) is 50.7 Å². The molecule has 0 radical (unpaired) electrons. The Labute approximate surface area is 223 Å². The normalized spacial score (nSPS) is 15.9. The largest absolute Gasteiger partial charge is 0.467 e. The van der Waals surface area contributed by atoms with Gasteiger partial charge in [0.05, 0.1) is 23.4 Å². The van der Waals surface area contributed by atoms with Crippen LogP contribution in [0.5, 0.6) is 0 Å². The van der Waals surface area contributed by atoms with Crippen LogP contribution < -0.4 is 0 Å². The molecule has 2 aromatic heterocycles. The number of aliphatic imine (C=N–C) groups is 1.